The van der Waals surface area contributed by atoms with E-state index in [0.29, 0.717) is 11.3 Å². The Hall–Kier alpha value is -1.96. The second kappa shape index (κ2) is 4.71. The average Bonchev–Trinajstić information content (AvgIpc) is 2.39. The Balaban J connectivity index is 2.28. The minimum Gasteiger partial charge on any atom is -0.287 e. The highest BCUT2D eigenvalue weighted by Gasteiger charge is 2.08. The van der Waals surface area contributed by atoms with E-state index in [4.69, 9.17) is 0 Å². The largest absolute Gasteiger partial charge is 0.287 e. The van der Waals surface area contributed by atoms with Gasteiger partial charge in [-0.1, -0.05) is 37.3 Å². The van der Waals surface area contributed by atoms with Crippen molar-refractivity contribution in [3.05, 3.63) is 65.5 Å². The Kier molecular flexibility index (Phi) is 3.10. The molecule has 1 aromatic heterocycles. The van der Waals surface area contributed by atoms with Gasteiger partial charge in [-0.05, 0) is 24.1 Å². The quantitative estimate of drug-likeness (QED) is 0.731. The molecule has 16 heavy (non-hydrogen) atoms. The number of ketones is 1. The summed E-state index contributed by atoms with van der Waals surface area (Å²) in [6.07, 6.45) is 2.62. The molecule has 0 amide bonds. The number of carbonyl (C=O) groups excluding carboxylic acids is 1. The molecule has 0 radical (unpaired) electrons. The number of pyridine rings is 1. The molecule has 80 valence electrons. The van der Waals surface area contributed by atoms with Gasteiger partial charge in [0, 0.05) is 11.8 Å². The van der Waals surface area contributed by atoms with Gasteiger partial charge in [-0.2, -0.15) is 0 Å². The lowest BCUT2D eigenvalue weighted by Crippen LogP contribution is -2.03. The molecule has 0 fully saturated rings. The standard InChI is InChI=1S/C14H13NO/c1-2-11-6-8-12(9-7-11)14(16)13-5-3-4-10-15-13/h3-10H,2H2,1H3. The maximum absolute atomic E-state index is 12.0. The third-order valence-electron chi connectivity index (χ3n) is 2.52. The van der Waals surface area contributed by atoms with E-state index in [9.17, 15) is 4.79 Å². The lowest BCUT2D eigenvalue weighted by atomic mass is 10.0. The minimum absolute atomic E-state index is 0.0248. The summed E-state index contributed by atoms with van der Waals surface area (Å²) in [6.45, 7) is 2.09. The Morgan fingerprint density at radius 1 is 1.12 bits per heavy atom. The van der Waals surface area contributed by atoms with E-state index in [2.05, 4.69) is 11.9 Å². The molecule has 0 unspecified atom stereocenters. The molecule has 2 aromatic rings. The Labute approximate surface area is 95.0 Å². The van der Waals surface area contributed by atoms with Crippen molar-refractivity contribution in [1.82, 2.24) is 4.98 Å². The maximum Gasteiger partial charge on any atom is 0.211 e. The van der Waals surface area contributed by atoms with E-state index >= 15 is 0 Å². The molecule has 0 aliphatic heterocycles. The van der Waals surface area contributed by atoms with E-state index in [-0.39, 0.29) is 5.78 Å². The highest BCUT2D eigenvalue weighted by atomic mass is 16.1. The number of carbonyl (C=O) groups is 1. The van der Waals surface area contributed by atoms with Crippen LogP contribution in [0.2, 0.25) is 0 Å². The van der Waals surface area contributed by atoms with E-state index < -0.39 is 0 Å². The van der Waals surface area contributed by atoms with Crippen LogP contribution in [0, 0.1) is 0 Å². The van der Waals surface area contributed by atoms with Gasteiger partial charge in [0.15, 0.2) is 0 Å². The van der Waals surface area contributed by atoms with Crippen LogP contribution in [-0.2, 0) is 6.42 Å². The highest BCUT2D eigenvalue weighted by molar-refractivity contribution is 6.07. The van der Waals surface area contributed by atoms with Crippen LogP contribution in [0.4, 0.5) is 0 Å². The first-order valence-corrected chi connectivity index (χ1v) is 5.36. The van der Waals surface area contributed by atoms with Crippen LogP contribution in [0.5, 0.6) is 0 Å². The second-order valence-corrected chi connectivity index (χ2v) is 3.59. The van der Waals surface area contributed by atoms with Gasteiger partial charge in [0.25, 0.3) is 0 Å². The molecule has 0 saturated carbocycles. The van der Waals surface area contributed by atoms with Crippen molar-refractivity contribution in [2.24, 2.45) is 0 Å². The summed E-state index contributed by atoms with van der Waals surface area (Å²) in [4.78, 5) is 16.0. The van der Waals surface area contributed by atoms with Crippen molar-refractivity contribution in [3.8, 4) is 0 Å². The zero-order valence-electron chi connectivity index (χ0n) is 9.18. The van der Waals surface area contributed by atoms with Crippen molar-refractivity contribution in [1.29, 1.82) is 0 Å². The zero-order chi connectivity index (χ0) is 11.4. The fraction of sp³-hybridized carbons (Fsp3) is 0.143. The van der Waals surface area contributed by atoms with E-state index in [1.54, 1.807) is 18.3 Å². The van der Waals surface area contributed by atoms with Crippen LogP contribution in [0.15, 0.2) is 48.7 Å². The summed E-state index contributed by atoms with van der Waals surface area (Å²) >= 11 is 0. The lowest BCUT2D eigenvalue weighted by Gasteiger charge is -2.01. The smallest absolute Gasteiger partial charge is 0.211 e. The number of hydrogen-bond donors (Lipinski definition) is 0. The van der Waals surface area contributed by atoms with E-state index in [0.717, 1.165) is 6.42 Å². The summed E-state index contributed by atoms with van der Waals surface area (Å²) in [7, 11) is 0. The molecule has 2 heteroatoms. The van der Waals surface area contributed by atoms with Crippen molar-refractivity contribution in [2.75, 3.05) is 0 Å². The first kappa shape index (κ1) is 10.6. The zero-order valence-corrected chi connectivity index (χ0v) is 9.18. The minimum atomic E-state index is -0.0248. The number of aromatic nitrogens is 1. The van der Waals surface area contributed by atoms with Crippen LogP contribution >= 0.6 is 0 Å². The third kappa shape index (κ3) is 2.16. The highest BCUT2D eigenvalue weighted by Crippen LogP contribution is 2.09. The Bertz CT molecular complexity index is 474. The van der Waals surface area contributed by atoms with Crippen LogP contribution in [-0.4, -0.2) is 10.8 Å². The summed E-state index contributed by atoms with van der Waals surface area (Å²) in [6, 6.07) is 13.0. The average molecular weight is 211 g/mol. The molecule has 2 nitrogen and oxygen atoms in total. The summed E-state index contributed by atoms with van der Waals surface area (Å²) in [5, 5.41) is 0. The van der Waals surface area contributed by atoms with Gasteiger partial charge in [0.1, 0.15) is 5.69 Å². The SMILES string of the molecule is CCc1ccc(C(=O)c2ccccn2)cc1. The monoisotopic (exact) mass is 211 g/mol. The van der Waals surface area contributed by atoms with Crippen LogP contribution in [0.25, 0.3) is 0 Å². The topological polar surface area (TPSA) is 30.0 Å². The molecular formula is C14H13NO. The summed E-state index contributed by atoms with van der Waals surface area (Å²) in [5.74, 6) is -0.0248. The normalized spacial score (nSPS) is 10.1. The van der Waals surface area contributed by atoms with Crippen molar-refractivity contribution >= 4 is 5.78 Å². The lowest BCUT2D eigenvalue weighted by molar-refractivity contribution is 0.103. The van der Waals surface area contributed by atoms with Gasteiger partial charge in [0.05, 0.1) is 0 Å². The molecular weight excluding hydrogens is 198 g/mol. The predicted octanol–water partition coefficient (Wildman–Crippen LogP) is 2.88. The molecule has 0 N–H and O–H groups in total. The van der Waals surface area contributed by atoms with Gasteiger partial charge in [-0.15, -0.1) is 0 Å². The van der Waals surface area contributed by atoms with Crippen molar-refractivity contribution in [3.63, 3.8) is 0 Å². The summed E-state index contributed by atoms with van der Waals surface area (Å²) in [5.41, 5.74) is 2.42. The molecule has 0 atom stereocenters. The van der Waals surface area contributed by atoms with Crippen LogP contribution in [0.3, 0.4) is 0 Å². The number of hydrogen-bond acceptors (Lipinski definition) is 2. The first-order chi connectivity index (χ1) is 7.81. The maximum atomic E-state index is 12.0. The van der Waals surface area contributed by atoms with Gasteiger partial charge >= 0.3 is 0 Å². The first-order valence-electron chi connectivity index (χ1n) is 5.36. The Morgan fingerprint density at radius 3 is 2.44 bits per heavy atom. The molecule has 0 aliphatic rings. The van der Waals surface area contributed by atoms with E-state index in [1.807, 2.05) is 30.3 Å². The molecule has 2 rings (SSSR count). The van der Waals surface area contributed by atoms with E-state index in [1.165, 1.54) is 5.56 Å². The fourth-order valence-corrected chi connectivity index (χ4v) is 1.54. The number of benzene rings is 1. The molecule has 0 aliphatic carbocycles. The van der Waals surface area contributed by atoms with Gasteiger partial charge in [-0.25, -0.2) is 0 Å². The molecule has 1 heterocycles. The fourth-order valence-electron chi connectivity index (χ4n) is 1.54. The second-order valence-electron chi connectivity index (χ2n) is 3.59. The molecule has 0 spiro atoms. The van der Waals surface area contributed by atoms with Gasteiger partial charge in [-0.3, -0.25) is 9.78 Å². The van der Waals surface area contributed by atoms with Gasteiger partial charge in [0.2, 0.25) is 5.78 Å². The van der Waals surface area contributed by atoms with Crippen LogP contribution in [0.1, 0.15) is 28.5 Å². The van der Waals surface area contributed by atoms with Crippen LogP contribution < -0.4 is 0 Å². The number of aryl methyl sites for hydroxylation is 1. The summed E-state index contributed by atoms with van der Waals surface area (Å²) < 4.78 is 0. The van der Waals surface area contributed by atoms with Crippen molar-refractivity contribution in [2.45, 2.75) is 13.3 Å². The van der Waals surface area contributed by atoms with Gasteiger partial charge < -0.3 is 0 Å². The molecule has 0 bridgehead atoms. The third-order valence-corrected chi connectivity index (χ3v) is 2.52. The number of nitrogens with zero attached hydrogens (tertiary/aromatic N) is 1. The molecule has 1 aromatic carbocycles. The number of rotatable bonds is 3. The van der Waals surface area contributed by atoms with Crippen molar-refractivity contribution < 1.29 is 4.79 Å². The predicted molar refractivity (Wildman–Crippen MR) is 63.5 cm³/mol. The molecule has 0 saturated heterocycles. The Morgan fingerprint density at radius 2 is 1.88 bits per heavy atom.